The Balaban J connectivity index is 2.64. The third-order valence-electron chi connectivity index (χ3n) is 1.25. The first-order chi connectivity index (χ1) is 6.24. The lowest BCUT2D eigenvalue weighted by Gasteiger charge is -1.95. The number of hydrogen-bond acceptors (Lipinski definition) is 4. The van der Waals surface area contributed by atoms with Gasteiger partial charge in [0.2, 0.25) is 0 Å². The molecule has 1 heterocycles. The average molecular weight is 219 g/mol. The molecule has 0 aliphatic carbocycles. The molecule has 0 aromatic carbocycles. The standard InChI is InChI=1S/C7H7ClN2O2S/c8-3-4-13-6-1-2-7(9-5-6)10(11)12/h1-2,5H,3-4H2. The van der Waals surface area contributed by atoms with Gasteiger partial charge in [-0.1, -0.05) is 0 Å². The molecular formula is C7H7ClN2O2S. The first-order valence-electron chi connectivity index (χ1n) is 3.53. The minimum atomic E-state index is -0.518. The number of thioether (sulfide) groups is 1. The Labute approximate surface area is 84.5 Å². The van der Waals surface area contributed by atoms with Crippen LogP contribution in [0.2, 0.25) is 0 Å². The summed E-state index contributed by atoms with van der Waals surface area (Å²) in [6, 6.07) is 3.05. The first-order valence-corrected chi connectivity index (χ1v) is 5.05. The van der Waals surface area contributed by atoms with Gasteiger partial charge < -0.3 is 10.1 Å². The molecular weight excluding hydrogens is 212 g/mol. The van der Waals surface area contributed by atoms with Gasteiger partial charge in [-0.2, -0.15) is 0 Å². The zero-order valence-electron chi connectivity index (χ0n) is 6.64. The smallest absolute Gasteiger partial charge is 0.358 e. The minimum absolute atomic E-state index is 0.129. The van der Waals surface area contributed by atoms with Crippen molar-refractivity contribution in [3.05, 3.63) is 28.4 Å². The third kappa shape index (κ3) is 3.20. The van der Waals surface area contributed by atoms with Crippen molar-refractivity contribution in [2.24, 2.45) is 0 Å². The van der Waals surface area contributed by atoms with E-state index in [1.807, 2.05) is 0 Å². The van der Waals surface area contributed by atoms with E-state index in [2.05, 4.69) is 4.98 Å². The molecule has 0 aliphatic rings. The molecule has 0 saturated heterocycles. The number of halogens is 1. The van der Waals surface area contributed by atoms with E-state index < -0.39 is 4.92 Å². The molecule has 0 saturated carbocycles. The van der Waals surface area contributed by atoms with Gasteiger partial charge in [-0.15, -0.1) is 23.4 Å². The van der Waals surface area contributed by atoms with Crippen LogP contribution in [0.5, 0.6) is 0 Å². The lowest BCUT2D eigenvalue weighted by Crippen LogP contribution is -1.91. The van der Waals surface area contributed by atoms with E-state index in [0.29, 0.717) is 5.88 Å². The summed E-state index contributed by atoms with van der Waals surface area (Å²) < 4.78 is 0. The molecule has 4 nitrogen and oxygen atoms in total. The molecule has 0 aliphatic heterocycles. The van der Waals surface area contributed by atoms with Gasteiger partial charge in [0.1, 0.15) is 0 Å². The van der Waals surface area contributed by atoms with Gasteiger partial charge in [0.25, 0.3) is 0 Å². The second kappa shape index (κ2) is 5.04. The molecule has 6 heteroatoms. The van der Waals surface area contributed by atoms with Crippen LogP contribution in [-0.4, -0.2) is 21.5 Å². The van der Waals surface area contributed by atoms with Crippen molar-refractivity contribution in [3.63, 3.8) is 0 Å². The first kappa shape index (κ1) is 10.3. The van der Waals surface area contributed by atoms with Crippen molar-refractivity contribution in [1.82, 2.24) is 4.98 Å². The normalized spacial score (nSPS) is 9.92. The maximum atomic E-state index is 10.2. The highest BCUT2D eigenvalue weighted by Crippen LogP contribution is 2.18. The lowest BCUT2D eigenvalue weighted by molar-refractivity contribution is -0.389. The van der Waals surface area contributed by atoms with Gasteiger partial charge >= 0.3 is 5.82 Å². The molecule has 0 radical (unpaired) electrons. The van der Waals surface area contributed by atoms with Crippen LogP contribution in [0.4, 0.5) is 5.82 Å². The van der Waals surface area contributed by atoms with E-state index in [-0.39, 0.29) is 5.82 Å². The largest absolute Gasteiger partial charge is 0.363 e. The van der Waals surface area contributed by atoms with Crippen molar-refractivity contribution in [3.8, 4) is 0 Å². The predicted octanol–water partition coefficient (Wildman–Crippen LogP) is 2.32. The van der Waals surface area contributed by atoms with Crippen LogP contribution in [-0.2, 0) is 0 Å². The highest BCUT2D eigenvalue weighted by atomic mass is 35.5. The van der Waals surface area contributed by atoms with Crippen LogP contribution in [0.25, 0.3) is 0 Å². The predicted molar refractivity (Wildman–Crippen MR) is 52.3 cm³/mol. The molecule has 1 aromatic heterocycles. The van der Waals surface area contributed by atoms with Crippen molar-refractivity contribution < 1.29 is 4.92 Å². The summed E-state index contributed by atoms with van der Waals surface area (Å²) in [5, 5.41) is 10.2. The molecule has 0 amide bonds. The molecule has 13 heavy (non-hydrogen) atoms. The third-order valence-corrected chi connectivity index (χ3v) is 2.65. The number of nitrogens with zero attached hydrogens (tertiary/aromatic N) is 2. The van der Waals surface area contributed by atoms with Crippen LogP contribution >= 0.6 is 23.4 Å². The number of rotatable bonds is 4. The van der Waals surface area contributed by atoms with Gasteiger partial charge in [0.05, 0.1) is 4.90 Å². The molecule has 0 unspecified atom stereocenters. The Morgan fingerprint density at radius 1 is 1.62 bits per heavy atom. The summed E-state index contributed by atoms with van der Waals surface area (Å²) in [5.41, 5.74) is 0. The Kier molecular flexibility index (Phi) is 3.98. The van der Waals surface area contributed by atoms with E-state index in [4.69, 9.17) is 11.6 Å². The Bertz CT molecular complexity index is 291. The van der Waals surface area contributed by atoms with E-state index >= 15 is 0 Å². The molecule has 70 valence electrons. The topological polar surface area (TPSA) is 56.0 Å². The van der Waals surface area contributed by atoms with E-state index in [9.17, 15) is 10.1 Å². The van der Waals surface area contributed by atoms with Crippen LogP contribution in [0.1, 0.15) is 0 Å². The molecule has 0 bridgehead atoms. The van der Waals surface area contributed by atoms with Crippen LogP contribution in [0, 0.1) is 10.1 Å². The second-order valence-corrected chi connectivity index (χ2v) is 3.69. The Morgan fingerprint density at radius 3 is 2.85 bits per heavy atom. The molecule has 0 fully saturated rings. The summed E-state index contributed by atoms with van der Waals surface area (Å²) >= 11 is 7.01. The number of hydrogen-bond donors (Lipinski definition) is 0. The fourth-order valence-corrected chi connectivity index (χ4v) is 1.56. The zero-order valence-corrected chi connectivity index (χ0v) is 8.22. The van der Waals surface area contributed by atoms with Crippen molar-refractivity contribution >= 4 is 29.2 Å². The highest BCUT2D eigenvalue weighted by molar-refractivity contribution is 7.99. The van der Waals surface area contributed by atoms with E-state index in [0.717, 1.165) is 10.6 Å². The molecule has 1 rings (SSSR count). The maximum Gasteiger partial charge on any atom is 0.363 e. The monoisotopic (exact) mass is 218 g/mol. The van der Waals surface area contributed by atoms with Crippen molar-refractivity contribution in [2.45, 2.75) is 4.90 Å². The summed E-state index contributed by atoms with van der Waals surface area (Å²) in [6.07, 6.45) is 1.48. The summed E-state index contributed by atoms with van der Waals surface area (Å²) in [5.74, 6) is 1.21. The fourth-order valence-electron chi connectivity index (χ4n) is 0.722. The second-order valence-electron chi connectivity index (χ2n) is 2.15. The Hall–Kier alpha value is -0.810. The van der Waals surface area contributed by atoms with Gasteiger partial charge in [-0.05, 0) is 16.0 Å². The quantitative estimate of drug-likeness (QED) is 0.337. The zero-order chi connectivity index (χ0) is 9.68. The van der Waals surface area contributed by atoms with Crippen molar-refractivity contribution in [2.75, 3.05) is 11.6 Å². The fraction of sp³-hybridized carbons (Fsp3) is 0.286. The van der Waals surface area contributed by atoms with Crippen molar-refractivity contribution in [1.29, 1.82) is 0 Å². The summed E-state index contributed by atoms with van der Waals surface area (Å²) in [6.45, 7) is 0. The van der Waals surface area contributed by atoms with Gasteiger partial charge in [-0.25, -0.2) is 0 Å². The van der Waals surface area contributed by atoms with Crippen LogP contribution in [0.15, 0.2) is 23.2 Å². The molecule has 0 N–H and O–H groups in total. The summed E-state index contributed by atoms with van der Waals surface area (Å²) in [4.78, 5) is 14.3. The van der Waals surface area contributed by atoms with E-state index in [1.165, 1.54) is 24.0 Å². The number of pyridine rings is 1. The number of nitro groups is 1. The van der Waals surface area contributed by atoms with Crippen LogP contribution < -0.4 is 0 Å². The van der Waals surface area contributed by atoms with Gasteiger partial charge in [-0.3, -0.25) is 0 Å². The van der Waals surface area contributed by atoms with Gasteiger partial charge in [0, 0.05) is 17.7 Å². The SMILES string of the molecule is O=[N+]([O-])c1ccc(SCCCl)cn1. The summed E-state index contributed by atoms with van der Waals surface area (Å²) in [7, 11) is 0. The highest BCUT2D eigenvalue weighted by Gasteiger charge is 2.05. The lowest BCUT2D eigenvalue weighted by atomic mass is 10.5. The van der Waals surface area contributed by atoms with Gasteiger partial charge in [0.15, 0.2) is 6.20 Å². The molecule has 0 spiro atoms. The Morgan fingerprint density at radius 2 is 2.38 bits per heavy atom. The number of aromatic nitrogens is 1. The number of alkyl halides is 1. The average Bonchev–Trinajstić information content (AvgIpc) is 2.15. The maximum absolute atomic E-state index is 10.2. The minimum Gasteiger partial charge on any atom is -0.358 e. The molecule has 1 aromatic rings. The molecule has 0 atom stereocenters. The van der Waals surface area contributed by atoms with Crippen LogP contribution in [0.3, 0.4) is 0 Å². The van der Waals surface area contributed by atoms with E-state index in [1.54, 1.807) is 6.07 Å².